The van der Waals surface area contributed by atoms with Crippen molar-refractivity contribution in [3.05, 3.63) is 46.0 Å². The molecule has 1 aromatic heterocycles. The molecule has 98 valence electrons. The zero-order valence-corrected chi connectivity index (χ0v) is 10.1. The Labute approximate surface area is 108 Å². The van der Waals surface area contributed by atoms with Crippen LogP contribution in [0.25, 0.3) is 10.9 Å². The van der Waals surface area contributed by atoms with Gasteiger partial charge in [-0.2, -0.15) is 0 Å². The summed E-state index contributed by atoms with van der Waals surface area (Å²) in [6.07, 6.45) is 1.73. The van der Waals surface area contributed by atoms with Gasteiger partial charge in [-0.15, -0.1) is 0 Å². The van der Waals surface area contributed by atoms with Crippen molar-refractivity contribution in [1.82, 2.24) is 4.57 Å². The molecule has 0 atom stereocenters. The van der Waals surface area contributed by atoms with Gasteiger partial charge in [0.1, 0.15) is 5.82 Å². The molecular formula is C14H12FNO3. The van der Waals surface area contributed by atoms with Gasteiger partial charge in [0.2, 0.25) is 0 Å². The van der Waals surface area contributed by atoms with Gasteiger partial charge in [0.25, 0.3) is 0 Å². The molecule has 0 aliphatic heterocycles. The molecule has 0 radical (unpaired) electrons. The van der Waals surface area contributed by atoms with E-state index in [1.807, 2.05) is 4.57 Å². The molecule has 3 rings (SSSR count). The first-order valence-electron chi connectivity index (χ1n) is 6.12. The van der Waals surface area contributed by atoms with Crippen LogP contribution in [0, 0.1) is 5.82 Å². The van der Waals surface area contributed by atoms with E-state index >= 15 is 0 Å². The van der Waals surface area contributed by atoms with E-state index in [-0.39, 0.29) is 17.9 Å². The second-order valence-electron chi connectivity index (χ2n) is 4.83. The summed E-state index contributed by atoms with van der Waals surface area (Å²) in [4.78, 5) is 22.8. The highest BCUT2D eigenvalue weighted by Gasteiger charge is 2.27. The summed E-state index contributed by atoms with van der Waals surface area (Å²) >= 11 is 0. The highest BCUT2D eigenvalue weighted by Crippen LogP contribution is 2.38. The minimum Gasteiger partial charge on any atom is -0.481 e. The highest BCUT2D eigenvalue weighted by atomic mass is 19.1. The molecule has 4 nitrogen and oxygen atoms in total. The van der Waals surface area contributed by atoms with Crippen LogP contribution in [0.5, 0.6) is 0 Å². The summed E-state index contributed by atoms with van der Waals surface area (Å²) in [5, 5.41) is 9.23. The number of nitrogens with zero attached hydrogens (tertiary/aromatic N) is 1. The molecular weight excluding hydrogens is 249 g/mol. The summed E-state index contributed by atoms with van der Waals surface area (Å²) in [6, 6.07) is 5.60. The van der Waals surface area contributed by atoms with Gasteiger partial charge >= 0.3 is 5.97 Å². The normalized spacial score (nSPS) is 14.8. The number of benzene rings is 1. The molecule has 19 heavy (non-hydrogen) atoms. The Morgan fingerprint density at radius 3 is 2.74 bits per heavy atom. The van der Waals surface area contributed by atoms with Crippen molar-refractivity contribution in [3.8, 4) is 0 Å². The molecule has 0 saturated heterocycles. The predicted octanol–water partition coefficient (Wildman–Crippen LogP) is 2.10. The molecule has 2 aromatic rings. The second-order valence-corrected chi connectivity index (χ2v) is 4.83. The Bertz CT molecular complexity index is 731. The van der Waals surface area contributed by atoms with Crippen molar-refractivity contribution in [3.63, 3.8) is 0 Å². The van der Waals surface area contributed by atoms with E-state index < -0.39 is 11.8 Å². The predicted molar refractivity (Wildman–Crippen MR) is 67.8 cm³/mol. The Morgan fingerprint density at radius 2 is 2.11 bits per heavy atom. The van der Waals surface area contributed by atoms with Gasteiger partial charge in [0, 0.05) is 23.2 Å². The first-order chi connectivity index (χ1) is 9.06. The molecule has 1 fully saturated rings. The van der Waals surface area contributed by atoms with Gasteiger partial charge in [-0.1, -0.05) is 0 Å². The van der Waals surface area contributed by atoms with Crippen molar-refractivity contribution in [2.75, 3.05) is 0 Å². The minimum atomic E-state index is -0.977. The van der Waals surface area contributed by atoms with Crippen LogP contribution in [0.2, 0.25) is 0 Å². The fraction of sp³-hybridized carbons (Fsp3) is 0.286. The Hall–Kier alpha value is -2.17. The van der Waals surface area contributed by atoms with E-state index in [4.69, 9.17) is 5.11 Å². The average Bonchev–Trinajstić information content (AvgIpc) is 3.13. The molecule has 1 aliphatic carbocycles. The fourth-order valence-electron chi connectivity index (χ4n) is 2.42. The lowest BCUT2D eigenvalue weighted by molar-refractivity contribution is -0.136. The lowest BCUT2D eigenvalue weighted by Crippen LogP contribution is -2.16. The van der Waals surface area contributed by atoms with Crippen LogP contribution in [-0.2, 0) is 11.2 Å². The third-order valence-electron chi connectivity index (χ3n) is 3.34. The standard InChI is InChI=1S/C14H12FNO3/c15-8-1-4-12-11(5-8)13(17)6-10(7-14(18)19)16(12)9-2-3-9/h1,4-6,9H,2-3,7H2,(H,18,19). The number of hydrogen-bond donors (Lipinski definition) is 1. The van der Waals surface area contributed by atoms with Crippen molar-refractivity contribution in [2.45, 2.75) is 25.3 Å². The lowest BCUT2D eigenvalue weighted by atomic mass is 10.1. The first-order valence-corrected chi connectivity index (χ1v) is 6.12. The number of aromatic nitrogens is 1. The van der Waals surface area contributed by atoms with Crippen LogP contribution in [0.15, 0.2) is 29.1 Å². The monoisotopic (exact) mass is 261 g/mol. The molecule has 5 heteroatoms. The highest BCUT2D eigenvalue weighted by molar-refractivity contribution is 5.80. The van der Waals surface area contributed by atoms with Gasteiger partial charge < -0.3 is 9.67 Å². The number of carbonyl (C=O) groups is 1. The molecule has 0 amide bonds. The summed E-state index contributed by atoms with van der Waals surface area (Å²) in [5.74, 6) is -1.44. The third kappa shape index (κ3) is 2.12. The third-order valence-corrected chi connectivity index (χ3v) is 3.34. The molecule has 1 heterocycles. The smallest absolute Gasteiger partial charge is 0.309 e. The largest absolute Gasteiger partial charge is 0.481 e. The second kappa shape index (κ2) is 4.19. The number of hydrogen-bond acceptors (Lipinski definition) is 2. The average molecular weight is 261 g/mol. The molecule has 0 unspecified atom stereocenters. The number of carboxylic acid groups (broad SMARTS) is 1. The van der Waals surface area contributed by atoms with Crippen LogP contribution >= 0.6 is 0 Å². The van der Waals surface area contributed by atoms with Gasteiger partial charge in [0.05, 0.1) is 11.9 Å². The number of halogens is 1. The van der Waals surface area contributed by atoms with E-state index in [9.17, 15) is 14.0 Å². The number of rotatable bonds is 3. The van der Waals surface area contributed by atoms with Crippen molar-refractivity contribution in [1.29, 1.82) is 0 Å². The maximum Gasteiger partial charge on any atom is 0.309 e. The van der Waals surface area contributed by atoms with E-state index in [1.165, 1.54) is 18.2 Å². The van der Waals surface area contributed by atoms with E-state index in [2.05, 4.69) is 0 Å². The van der Waals surface area contributed by atoms with E-state index in [0.717, 1.165) is 12.8 Å². The fourth-order valence-corrected chi connectivity index (χ4v) is 2.42. The van der Waals surface area contributed by atoms with Crippen LogP contribution < -0.4 is 5.43 Å². The Morgan fingerprint density at radius 1 is 1.37 bits per heavy atom. The van der Waals surface area contributed by atoms with Gasteiger partial charge in [-0.25, -0.2) is 4.39 Å². The number of fused-ring (bicyclic) bond motifs is 1. The van der Waals surface area contributed by atoms with Crippen LogP contribution in [-0.4, -0.2) is 15.6 Å². The number of aliphatic carboxylic acids is 1. The summed E-state index contributed by atoms with van der Waals surface area (Å²) in [5.41, 5.74) is 0.773. The zero-order chi connectivity index (χ0) is 13.6. The number of pyridine rings is 1. The van der Waals surface area contributed by atoms with Crippen molar-refractivity contribution in [2.24, 2.45) is 0 Å². The van der Waals surface area contributed by atoms with Crippen LogP contribution in [0.1, 0.15) is 24.6 Å². The zero-order valence-electron chi connectivity index (χ0n) is 10.1. The van der Waals surface area contributed by atoms with Gasteiger partial charge in [-0.05, 0) is 31.0 Å². The van der Waals surface area contributed by atoms with Crippen LogP contribution in [0.4, 0.5) is 4.39 Å². The Kier molecular flexibility index (Phi) is 2.62. The topological polar surface area (TPSA) is 59.3 Å². The van der Waals surface area contributed by atoms with Crippen molar-refractivity contribution >= 4 is 16.9 Å². The summed E-state index contributed by atoms with van der Waals surface area (Å²) < 4.78 is 15.1. The molecule has 1 aliphatic rings. The van der Waals surface area contributed by atoms with Gasteiger partial charge in [0.15, 0.2) is 5.43 Å². The summed E-state index contributed by atoms with van der Waals surface area (Å²) in [7, 11) is 0. The SMILES string of the molecule is O=C(O)Cc1cc(=O)c2cc(F)ccc2n1C1CC1. The van der Waals surface area contributed by atoms with E-state index in [0.29, 0.717) is 16.6 Å². The van der Waals surface area contributed by atoms with E-state index in [1.54, 1.807) is 6.07 Å². The Balaban J connectivity index is 2.32. The maximum atomic E-state index is 13.2. The quantitative estimate of drug-likeness (QED) is 0.920. The molecule has 1 saturated carbocycles. The molecule has 1 aromatic carbocycles. The maximum absolute atomic E-state index is 13.2. The number of carboxylic acids is 1. The van der Waals surface area contributed by atoms with Gasteiger partial charge in [-0.3, -0.25) is 9.59 Å². The molecule has 0 spiro atoms. The van der Waals surface area contributed by atoms with Crippen molar-refractivity contribution < 1.29 is 14.3 Å². The summed E-state index contributed by atoms with van der Waals surface area (Å²) in [6.45, 7) is 0. The molecule has 0 bridgehead atoms. The molecule has 1 N–H and O–H groups in total. The van der Waals surface area contributed by atoms with Crippen LogP contribution in [0.3, 0.4) is 0 Å². The lowest BCUT2D eigenvalue weighted by Gasteiger charge is -2.15. The first kappa shape index (κ1) is 11.9. The minimum absolute atomic E-state index is 0.195.